The number of fused-ring (bicyclic) bond motifs is 1. The van der Waals surface area contributed by atoms with E-state index in [2.05, 4.69) is 13.8 Å². The number of amides is 2. The lowest BCUT2D eigenvalue weighted by atomic mass is 9.78. The molecule has 0 radical (unpaired) electrons. The molecule has 2 amide bonds. The van der Waals surface area contributed by atoms with E-state index in [1.165, 1.54) is 17.6 Å². The quantitative estimate of drug-likeness (QED) is 0.537. The molecule has 0 aromatic heterocycles. The van der Waals surface area contributed by atoms with Crippen LogP contribution >= 0.6 is 0 Å². The van der Waals surface area contributed by atoms with Gasteiger partial charge in [0.05, 0.1) is 11.8 Å². The van der Waals surface area contributed by atoms with Gasteiger partial charge in [-0.15, -0.1) is 0 Å². The summed E-state index contributed by atoms with van der Waals surface area (Å²) >= 11 is 0. The summed E-state index contributed by atoms with van der Waals surface area (Å²) in [6.07, 6.45) is 7.19. The van der Waals surface area contributed by atoms with Crippen LogP contribution in [0, 0.1) is 11.8 Å². The second-order valence-corrected chi connectivity index (χ2v) is 6.52. The van der Waals surface area contributed by atoms with Crippen LogP contribution in [0.15, 0.2) is 11.1 Å². The molecule has 1 saturated heterocycles. The first-order valence-electron chi connectivity index (χ1n) is 7.61. The molecule has 1 saturated carbocycles. The number of carbonyl (C=O) groups excluding carboxylic acids is 2. The van der Waals surface area contributed by atoms with Crippen LogP contribution in [0.2, 0.25) is 0 Å². The van der Waals surface area contributed by atoms with Crippen molar-refractivity contribution < 1.29 is 9.59 Å². The number of imide groups is 1. The van der Waals surface area contributed by atoms with E-state index < -0.39 is 0 Å². The summed E-state index contributed by atoms with van der Waals surface area (Å²) in [6.45, 7) is 4.21. The Morgan fingerprint density at radius 2 is 1.32 bits per heavy atom. The fraction of sp³-hybridized carbons (Fsp3) is 0.750. The third kappa shape index (κ3) is 2.03. The molecule has 0 aromatic carbocycles. The molecule has 2 aliphatic carbocycles. The topological polar surface area (TPSA) is 37.4 Å². The van der Waals surface area contributed by atoms with Crippen LogP contribution in [0.5, 0.6) is 0 Å². The van der Waals surface area contributed by atoms with Crippen molar-refractivity contribution in [3.05, 3.63) is 11.1 Å². The van der Waals surface area contributed by atoms with Crippen LogP contribution in [0.4, 0.5) is 0 Å². The first-order valence-corrected chi connectivity index (χ1v) is 7.61. The highest BCUT2D eigenvalue weighted by atomic mass is 16.2. The van der Waals surface area contributed by atoms with Crippen LogP contribution in [-0.4, -0.2) is 22.8 Å². The molecule has 0 N–H and O–H groups in total. The highest BCUT2D eigenvalue weighted by Crippen LogP contribution is 2.42. The maximum absolute atomic E-state index is 12.6. The van der Waals surface area contributed by atoms with Crippen LogP contribution in [-0.2, 0) is 9.59 Å². The van der Waals surface area contributed by atoms with Crippen molar-refractivity contribution in [3.63, 3.8) is 0 Å². The maximum atomic E-state index is 12.6. The lowest BCUT2D eigenvalue weighted by molar-refractivity contribution is -0.143. The van der Waals surface area contributed by atoms with Crippen molar-refractivity contribution in [2.24, 2.45) is 11.8 Å². The fourth-order valence-corrected chi connectivity index (χ4v) is 3.98. The summed E-state index contributed by atoms with van der Waals surface area (Å²) in [7, 11) is 0. The van der Waals surface area contributed by atoms with E-state index in [0.717, 1.165) is 38.5 Å². The van der Waals surface area contributed by atoms with Gasteiger partial charge in [-0.2, -0.15) is 0 Å². The highest BCUT2D eigenvalue weighted by molar-refractivity contribution is 6.05. The van der Waals surface area contributed by atoms with E-state index in [1.54, 1.807) is 4.90 Å². The molecule has 0 aromatic rings. The predicted octanol–water partition coefficient (Wildman–Crippen LogP) is 3.05. The van der Waals surface area contributed by atoms with Gasteiger partial charge in [0.15, 0.2) is 0 Å². The molecule has 1 aliphatic heterocycles. The van der Waals surface area contributed by atoms with Crippen LogP contribution < -0.4 is 0 Å². The number of hydrogen-bond acceptors (Lipinski definition) is 2. The van der Waals surface area contributed by atoms with Gasteiger partial charge in [-0.3, -0.25) is 14.5 Å². The minimum Gasteiger partial charge on any atom is -0.279 e. The average Bonchev–Trinajstić information content (AvgIpc) is 2.64. The molecule has 3 heteroatoms. The summed E-state index contributed by atoms with van der Waals surface area (Å²) in [4.78, 5) is 26.8. The number of allylic oxidation sites excluding steroid dienone is 2. The lowest BCUT2D eigenvalue weighted by Crippen LogP contribution is -2.41. The normalized spacial score (nSPS) is 33.1. The molecule has 1 heterocycles. The van der Waals surface area contributed by atoms with Gasteiger partial charge in [-0.1, -0.05) is 30.4 Å². The maximum Gasteiger partial charge on any atom is 0.233 e. The first kappa shape index (κ1) is 12.9. The molecule has 0 bridgehead atoms. The summed E-state index contributed by atoms with van der Waals surface area (Å²) in [5.41, 5.74) is 2.63. The zero-order chi connectivity index (χ0) is 13.6. The summed E-state index contributed by atoms with van der Waals surface area (Å²) in [5, 5.41) is 0. The molecule has 2 unspecified atom stereocenters. The predicted molar refractivity (Wildman–Crippen MR) is 73.3 cm³/mol. The molecule has 3 nitrogen and oxygen atoms in total. The van der Waals surface area contributed by atoms with Crippen LogP contribution in [0.3, 0.4) is 0 Å². The highest BCUT2D eigenvalue weighted by Gasteiger charge is 2.50. The molecule has 0 spiro atoms. The van der Waals surface area contributed by atoms with E-state index in [4.69, 9.17) is 0 Å². The Morgan fingerprint density at radius 1 is 0.842 bits per heavy atom. The first-order chi connectivity index (χ1) is 9.09. The standard InChI is InChI=1S/C16H23NO2/c1-10-8-13-14(9-11(10)2)16(19)17(15(13)18)12-6-4-3-5-7-12/h12-14H,3-9H2,1-2H3. The lowest BCUT2D eigenvalue weighted by Gasteiger charge is -2.29. The Labute approximate surface area is 115 Å². The molecule has 2 atom stereocenters. The molecule has 3 rings (SSSR count). The van der Waals surface area contributed by atoms with Crippen molar-refractivity contribution >= 4 is 11.8 Å². The van der Waals surface area contributed by atoms with Crippen molar-refractivity contribution in [3.8, 4) is 0 Å². The second kappa shape index (κ2) is 4.77. The molecular weight excluding hydrogens is 238 g/mol. The molecule has 2 fully saturated rings. The van der Waals surface area contributed by atoms with Crippen LogP contribution in [0.25, 0.3) is 0 Å². The zero-order valence-corrected chi connectivity index (χ0v) is 11.9. The Bertz CT molecular complexity index is 414. The summed E-state index contributed by atoms with van der Waals surface area (Å²) in [5.74, 6) is 0.124. The summed E-state index contributed by atoms with van der Waals surface area (Å²) < 4.78 is 0. The third-order valence-corrected chi connectivity index (χ3v) is 5.32. The van der Waals surface area contributed by atoms with Gasteiger partial charge >= 0.3 is 0 Å². The van der Waals surface area contributed by atoms with E-state index >= 15 is 0 Å². The smallest absolute Gasteiger partial charge is 0.233 e. The largest absolute Gasteiger partial charge is 0.279 e. The number of hydrogen-bond donors (Lipinski definition) is 0. The second-order valence-electron chi connectivity index (χ2n) is 6.52. The summed E-state index contributed by atoms with van der Waals surface area (Å²) in [6, 6.07) is 0.194. The number of rotatable bonds is 1. The van der Waals surface area contributed by atoms with E-state index in [1.807, 2.05) is 0 Å². The number of carbonyl (C=O) groups is 2. The van der Waals surface area contributed by atoms with Gasteiger partial charge in [0, 0.05) is 6.04 Å². The van der Waals surface area contributed by atoms with Crippen molar-refractivity contribution in [1.82, 2.24) is 4.90 Å². The minimum absolute atomic E-state index is 0.0573. The van der Waals surface area contributed by atoms with Gasteiger partial charge in [-0.25, -0.2) is 0 Å². The molecule has 3 aliphatic rings. The fourth-order valence-electron chi connectivity index (χ4n) is 3.98. The SMILES string of the molecule is CC1=C(C)CC2C(=O)N(C3CCCCC3)C(=O)C2C1. The van der Waals surface area contributed by atoms with Gasteiger partial charge in [0.1, 0.15) is 0 Å². The number of nitrogens with zero attached hydrogens (tertiary/aromatic N) is 1. The van der Waals surface area contributed by atoms with Crippen molar-refractivity contribution in [1.29, 1.82) is 0 Å². The molecular formula is C16H23NO2. The Hall–Kier alpha value is -1.12. The molecule has 104 valence electrons. The van der Waals surface area contributed by atoms with Crippen molar-refractivity contribution in [2.75, 3.05) is 0 Å². The van der Waals surface area contributed by atoms with E-state index in [-0.39, 0.29) is 29.7 Å². The van der Waals surface area contributed by atoms with Gasteiger partial charge < -0.3 is 0 Å². The van der Waals surface area contributed by atoms with Crippen LogP contribution in [0.1, 0.15) is 58.8 Å². The van der Waals surface area contributed by atoms with Gasteiger partial charge in [0.2, 0.25) is 11.8 Å². The Kier molecular flexibility index (Phi) is 3.23. The van der Waals surface area contributed by atoms with E-state index in [9.17, 15) is 9.59 Å². The Balaban J connectivity index is 1.83. The molecule has 19 heavy (non-hydrogen) atoms. The average molecular weight is 261 g/mol. The number of likely N-dealkylation sites (tertiary alicyclic amines) is 1. The van der Waals surface area contributed by atoms with Crippen molar-refractivity contribution in [2.45, 2.75) is 64.8 Å². The zero-order valence-electron chi connectivity index (χ0n) is 11.9. The van der Waals surface area contributed by atoms with E-state index in [0.29, 0.717) is 0 Å². The van der Waals surface area contributed by atoms with Gasteiger partial charge in [0.25, 0.3) is 0 Å². The third-order valence-electron chi connectivity index (χ3n) is 5.32. The minimum atomic E-state index is -0.0573. The Morgan fingerprint density at radius 3 is 1.79 bits per heavy atom. The van der Waals surface area contributed by atoms with Gasteiger partial charge in [-0.05, 0) is 39.5 Å². The monoisotopic (exact) mass is 261 g/mol.